The molecule has 0 aromatic heterocycles. The van der Waals surface area contributed by atoms with Gasteiger partial charge in [-0.3, -0.25) is 4.79 Å². The van der Waals surface area contributed by atoms with Gasteiger partial charge in [0.2, 0.25) is 5.91 Å². The first-order valence-electron chi connectivity index (χ1n) is 6.94. The molecular formula is C15H24N2O3. The third-order valence-corrected chi connectivity index (χ3v) is 2.88. The molecule has 0 aliphatic heterocycles. The molecule has 2 N–H and O–H groups in total. The summed E-state index contributed by atoms with van der Waals surface area (Å²) in [5, 5.41) is 6.05. The summed E-state index contributed by atoms with van der Waals surface area (Å²) in [6, 6.07) is 5.37. The van der Waals surface area contributed by atoms with Crippen LogP contribution in [0.3, 0.4) is 0 Å². The van der Waals surface area contributed by atoms with E-state index in [9.17, 15) is 4.79 Å². The van der Waals surface area contributed by atoms with Gasteiger partial charge in [0.15, 0.2) is 11.5 Å². The highest BCUT2D eigenvalue weighted by atomic mass is 16.5. The van der Waals surface area contributed by atoms with Crippen molar-refractivity contribution in [1.29, 1.82) is 0 Å². The fourth-order valence-corrected chi connectivity index (χ4v) is 1.74. The van der Waals surface area contributed by atoms with Gasteiger partial charge in [0.25, 0.3) is 0 Å². The molecule has 0 fully saturated rings. The van der Waals surface area contributed by atoms with Crippen LogP contribution in [0.15, 0.2) is 18.2 Å². The third kappa shape index (κ3) is 4.74. The topological polar surface area (TPSA) is 59.6 Å². The quantitative estimate of drug-likeness (QED) is 0.767. The van der Waals surface area contributed by atoms with Crippen LogP contribution in [0.5, 0.6) is 11.5 Å². The number of amides is 1. The van der Waals surface area contributed by atoms with Crippen LogP contribution in [0, 0.1) is 5.92 Å². The SMILES string of the molecule is CCNCC(C)C(=O)Nc1ccc(OC)c(OCC)c1. The molecule has 1 atom stereocenters. The Hall–Kier alpha value is -1.75. The Morgan fingerprint density at radius 1 is 1.30 bits per heavy atom. The van der Waals surface area contributed by atoms with E-state index >= 15 is 0 Å². The van der Waals surface area contributed by atoms with Gasteiger partial charge in [-0.1, -0.05) is 13.8 Å². The van der Waals surface area contributed by atoms with E-state index in [4.69, 9.17) is 9.47 Å². The Labute approximate surface area is 120 Å². The van der Waals surface area contributed by atoms with Crippen LogP contribution in [-0.4, -0.2) is 32.7 Å². The predicted octanol–water partition coefficient (Wildman–Crippen LogP) is 2.28. The molecule has 1 aromatic rings. The molecule has 0 saturated carbocycles. The highest BCUT2D eigenvalue weighted by Gasteiger charge is 2.13. The molecule has 1 unspecified atom stereocenters. The lowest BCUT2D eigenvalue weighted by Gasteiger charge is -2.14. The first-order valence-corrected chi connectivity index (χ1v) is 6.94. The summed E-state index contributed by atoms with van der Waals surface area (Å²) in [6.45, 7) is 7.88. The summed E-state index contributed by atoms with van der Waals surface area (Å²) < 4.78 is 10.7. The molecule has 0 saturated heterocycles. The minimum atomic E-state index is -0.0902. The summed E-state index contributed by atoms with van der Waals surface area (Å²) in [6.07, 6.45) is 0. The smallest absolute Gasteiger partial charge is 0.228 e. The minimum absolute atomic E-state index is 0.0152. The number of methoxy groups -OCH3 is 1. The van der Waals surface area contributed by atoms with Crippen molar-refractivity contribution in [3.63, 3.8) is 0 Å². The number of carbonyl (C=O) groups is 1. The molecule has 0 radical (unpaired) electrons. The Bertz CT molecular complexity index is 435. The van der Waals surface area contributed by atoms with Crippen molar-refractivity contribution in [2.24, 2.45) is 5.92 Å². The molecule has 1 aromatic carbocycles. The summed E-state index contributed by atoms with van der Waals surface area (Å²) in [5.41, 5.74) is 0.711. The second kappa shape index (κ2) is 8.43. The van der Waals surface area contributed by atoms with E-state index in [1.165, 1.54) is 0 Å². The minimum Gasteiger partial charge on any atom is -0.493 e. The zero-order valence-corrected chi connectivity index (χ0v) is 12.7. The molecule has 5 nitrogen and oxygen atoms in total. The second-order valence-corrected chi connectivity index (χ2v) is 4.50. The molecule has 0 aliphatic carbocycles. The fraction of sp³-hybridized carbons (Fsp3) is 0.533. The molecule has 112 valence electrons. The van der Waals surface area contributed by atoms with Gasteiger partial charge in [-0.15, -0.1) is 0 Å². The largest absolute Gasteiger partial charge is 0.493 e. The number of carbonyl (C=O) groups excluding carboxylic acids is 1. The van der Waals surface area contributed by atoms with Crippen molar-refractivity contribution in [3.8, 4) is 11.5 Å². The number of anilines is 1. The molecule has 1 amide bonds. The summed E-state index contributed by atoms with van der Waals surface area (Å²) in [7, 11) is 1.59. The van der Waals surface area contributed by atoms with Crippen molar-refractivity contribution < 1.29 is 14.3 Å². The number of rotatable bonds is 8. The Morgan fingerprint density at radius 2 is 2.05 bits per heavy atom. The molecule has 0 aliphatic rings. The van der Waals surface area contributed by atoms with Gasteiger partial charge in [-0.2, -0.15) is 0 Å². The summed E-state index contributed by atoms with van der Waals surface area (Å²) >= 11 is 0. The van der Waals surface area contributed by atoms with E-state index in [2.05, 4.69) is 10.6 Å². The lowest BCUT2D eigenvalue weighted by Crippen LogP contribution is -2.30. The van der Waals surface area contributed by atoms with Crippen LogP contribution in [0.25, 0.3) is 0 Å². The number of hydrogen-bond acceptors (Lipinski definition) is 4. The van der Waals surface area contributed by atoms with E-state index in [0.29, 0.717) is 30.3 Å². The van der Waals surface area contributed by atoms with E-state index in [-0.39, 0.29) is 11.8 Å². The van der Waals surface area contributed by atoms with Crippen LogP contribution in [0.2, 0.25) is 0 Å². The van der Waals surface area contributed by atoms with E-state index in [0.717, 1.165) is 6.54 Å². The van der Waals surface area contributed by atoms with E-state index < -0.39 is 0 Å². The fourth-order valence-electron chi connectivity index (χ4n) is 1.74. The van der Waals surface area contributed by atoms with Gasteiger partial charge in [-0.25, -0.2) is 0 Å². The van der Waals surface area contributed by atoms with Crippen molar-refractivity contribution in [2.75, 3.05) is 32.1 Å². The monoisotopic (exact) mass is 280 g/mol. The highest BCUT2D eigenvalue weighted by Crippen LogP contribution is 2.30. The summed E-state index contributed by atoms with van der Waals surface area (Å²) in [4.78, 5) is 12.0. The lowest BCUT2D eigenvalue weighted by atomic mass is 10.1. The van der Waals surface area contributed by atoms with Crippen LogP contribution >= 0.6 is 0 Å². The zero-order valence-electron chi connectivity index (χ0n) is 12.7. The summed E-state index contributed by atoms with van der Waals surface area (Å²) in [5.74, 6) is 1.18. The third-order valence-electron chi connectivity index (χ3n) is 2.88. The maximum atomic E-state index is 12.0. The number of ether oxygens (including phenoxy) is 2. The average molecular weight is 280 g/mol. The van der Waals surface area contributed by atoms with Crippen LogP contribution in [0.1, 0.15) is 20.8 Å². The zero-order chi connectivity index (χ0) is 15.0. The average Bonchev–Trinajstić information content (AvgIpc) is 2.45. The first-order chi connectivity index (χ1) is 9.62. The van der Waals surface area contributed by atoms with Gasteiger partial charge in [0.05, 0.1) is 13.7 Å². The first kappa shape index (κ1) is 16.3. The maximum Gasteiger partial charge on any atom is 0.228 e. The molecule has 0 spiro atoms. The number of benzene rings is 1. The molecule has 20 heavy (non-hydrogen) atoms. The predicted molar refractivity (Wildman–Crippen MR) is 80.5 cm³/mol. The van der Waals surface area contributed by atoms with E-state index in [1.54, 1.807) is 25.3 Å². The molecule has 0 bridgehead atoms. The van der Waals surface area contributed by atoms with E-state index in [1.807, 2.05) is 20.8 Å². The molecule has 1 rings (SSSR count). The van der Waals surface area contributed by atoms with Gasteiger partial charge in [0.1, 0.15) is 0 Å². The normalized spacial score (nSPS) is 11.8. The molecule has 5 heteroatoms. The number of nitrogens with one attached hydrogen (secondary N) is 2. The van der Waals surface area contributed by atoms with Gasteiger partial charge >= 0.3 is 0 Å². The van der Waals surface area contributed by atoms with Crippen molar-refractivity contribution >= 4 is 11.6 Å². The van der Waals surface area contributed by atoms with Crippen molar-refractivity contribution in [2.45, 2.75) is 20.8 Å². The van der Waals surface area contributed by atoms with Gasteiger partial charge < -0.3 is 20.1 Å². The second-order valence-electron chi connectivity index (χ2n) is 4.50. The van der Waals surface area contributed by atoms with Crippen molar-refractivity contribution in [3.05, 3.63) is 18.2 Å². The Morgan fingerprint density at radius 3 is 2.65 bits per heavy atom. The standard InChI is InChI=1S/C15H24N2O3/c1-5-16-10-11(3)15(18)17-12-7-8-13(19-4)14(9-12)20-6-2/h7-9,11,16H,5-6,10H2,1-4H3,(H,17,18). The van der Waals surface area contributed by atoms with Crippen molar-refractivity contribution in [1.82, 2.24) is 5.32 Å². The van der Waals surface area contributed by atoms with Crippen LogP contribution in [-0.2, 0) is 4.79 Å². The van der Waals surface area contributed by atoms with Gasteiger partial charge in [0, 0.05) is 24.2 Å². The Balaban J connectivity index is 2.72. The Kier molecular flexibility index (Phi) is 6.87. The molecular weight excluding hydrogens is 256 g/mol. The van der Waals surface area contributed by atoms with Crippen LogP contribution < -0.4 is 20.1 Å². The number of hydrogen-bond donors (Lipinski definition) is 2. The maximum absolute atomic E-state index is 12.0. The van der Waals surface area contributed by atoms with Crippen LogP contribution in [0.4, 0.5) is 5.69 Å². The highest BCUT2D eigenvalue weighted by molar-refractivity contribution is 5.92. The lowest BCUT2D eigenvalue weighted by molar-refractivity contribution is -0.119. The molecule has 0 heterocycles. The van der Waals surface area contributed by atoms with Gasteiger partial charge in [-0.05, 0) is 25.6 Å².